The van der Waals surface area contributed by atoms with Gasteiger partial charge in [-0.1, -0.05) is 0 Å². The number of hydrogen-bond donors (Lipinski definition) is 0. The van der Waals surface area contributed by atoms with Crippen molar-refractivity contribution in [1.82, 2.24) is 0 Å². The molecule has 1 radical (unpaired) electrons. The van der Waals surface area contributed by atoms with Gasteiger partial charge in [-0.3, -0.25) is 0 Å². The average Bonchev–Trinajstić information content (AvgIpc) is 0. The van der Waals surface area contributed by atoms with Crippen LogP contribution in [0.4, 0.5) is 0 Å². The molecule has 0 N–H and O–H groups in total. The first kappa shape index (κ1) is 32.6. The van der Waals surface area contributed by atoms with E-state index in [1.54, 1.807) is 0 Å². The van der Waals surface area contributed by atoms with E-state index in [0.717, 1.165) is 0 Å². The zero-order valence-electron chi connectivity index (χ0n) is 1.32. The summed E-state index contributed by atoms with van der Waals surface area (Å²) in [5, 5.41) is 0. The molecule has 0 fully saturated rings. The smallest absolute Gasteiger partial charge is 0 e. The summed E-state index contributed by atoms with van der Waals surface area (Å²) in [4.78, 5) is 0. The van der Waals surface area contributed by atoms with E-state index >= 15 is 0 Å². The van der Waals surface area contributed by atoms with Crippen LogP contribution in [-0.2, 0) is 75.4 Å². The molecule has 37 valence electrons. The minimum atomic E-state index is 0. The van der Waals surface area contributed by atoms with E-state index in [0.29, 0.717) is 0 Å². The Labute approximate surface area is 74.5 Å². The zero-order chi connectivity index (χ0) is 0. The van der Waals surface area contributed by atoms with Crippen LogP contribution in [0.3, 0.4) is 0 Å². The fraction of sp³-hybridized carbons (Fsp3) is 0. The van der Waals surface area contributed by atoms with Crippen LogP contribution in [0.2, 0.25) is 0 Å². The third kappa shape index (κ3) is 8.83. The van der Waals surface area contributed by atoms with Crippen molar-refractivity contribution >= 4 is 0 Å². The van der Waals surface area contributed by atoms with Crippen molar-refractivity contribution < 1.29 is 75.4 Å². The molecule has 4 heavy (non-hydrogen) atoms. The minimum absolute atomic E-state index is 0. The van der Waals surface area contributed by atoms with Crippen LogP contribution in [0.1, 0.15) is 0 Å². The van der Waals surface area contributed by atoms with Crippen molar-refractivity contribution in [2.75, 3.05) is 0 Å². The standard InChI is InChI=1S/Au.Fe.Ni.Ru. The Morgan fingerprint density at radius 2 is 1.00 bits per heavy atom. The molecule has 0 heterocycles. The van der Waals surface area contributed by atoms with Gasteiger partial charge in [0.2, 0.25) is 0 Å². The van der Waals surface area contributed by atoms with Crippen molar-refractivity contribution in [2.45, 2.75) is 0 Å². The van der Waals surface area contributed by atoms with E-state index in [1.807, 2.05) is 0 Å². The second-order valence-electron chi connectivity index (χ2n) is 0. The van der Waals surface area contributed by atoms with Gasteiger partial charge in [-0.25, -0.2) is 0 Å². The molecule has 0 aliphatic heterocycles. The fourth-order valence-electron chi connectivity index (χ4n) is 0. The molecule has 4 heteroatoms. The monoisotopic (exact) mass is 413 g/mol. The summed E-state index contributed by atoms with van der Waals surface area (Å²) < 4.78 is 0. The first-order valence-corrected chi connectivity index (χ1v) is 0. The van der Waals surface area contributed by atoms with Gasteiger partial charge >= 0.3 is 0 Å². The van der Waals surface area contributed by atoms with Crippen molar-refractivity contribution in [1.29, 1.82) is 0 Å². The predicted octanol–water partition coefficient (Wildman–Crippen LogP) is -0.0100. The molecule has 0 nitrogen and oxygen atoms in total. The average molecular weight is 413 g/mol. The van der Waals surface area contributed by atoms with Gasteiger partial charge in [-0.2, -0.15) is 0 Å². The molecule has 0 aliphatic carbocycles. The quantitative estimate of drug-likeness (QED) is 0.491. The fourth-order valence-corrected chi connectivity index (χ4v) is 0. The Morgan fingerprint density at radius 1 is 1.00 bits per heavy atom. The van der Waals surface area contributed by atoms with Crippen molar-refractivity contribution in [3.63, 3.8) is 0 Å². The van der Waals surface area contributed by atoms with Crippen molar-refractivity contribution in [2.24, 2.45) is 0 Å². The Kier molecular flexibility index (Phi) is 149. The van der Waals surface area contributed by atoms with Gasteiger partial charge in [0.1, 0.15) is 0 Å². The van der Waals surface area contributed by atoms with Gasteiger partial charge in [0.15, 0.2) is 0 Å². The maximum atomic E-state index is 0. The molecule has 0 unspecified atom stereocenters. The molecular weight excluding hydrogens is 413 g/mol. The van der Waals surface area contributed by atoms with Crippen molar-refractivity contribution in [3.05, 3.63) is 0 Å². The van der Waals surface area contributed by atoms with Gasteiger partial charge < -0.3 is 0 Å². The Hall–Kier alpha value is 2.38. The van der Waals surface area contributed by atoms with Crippen LogP contribution in [-0.4, -0.2) is 0 Å². The summed E-state index contributed by atoms with van der Waals surface area (Å²) in [6.45, 7) is 0. The van der Waals surface area contributed by atoms with E-state index in [2.05, 4.69) is 0 Å². The summed E-state index contributed by atoms with van der Waals surface area (Å²) in [7, 11) is 0. The topological polar surface area (TPSA) is 0 Å². The third-order valence-corrected chi connectivity index (χ3v) is 0. The summed E-state index contributed by atoms with van der Waals surface area (Å²) in [6.07, 6.45) is 0. The molecule has 0 aromatic carbocycles. The van der Waals surface area contributed by atoms with Crippen LogP contribution >= 0.6 is 0 Å². The summed E-state index contributed by atoms with van der Waals surface area (Å²) in [5.41, 5.74) is 0. The normalized spacial score (nSPS) is 0. The first-order valence-electron chi connectivity index (χ1n) is 0. The van der Waals surface area contributed by atoms with Crippen LogP contribution in [0.5, 0.6) is 0 Å². The SMILES string of the molecule is [Au].[Fe].[Ni].[Ru]. The molecule has 0 rings (SSSR count). The molecule has 0 aliphatic rings. The van der Waals surface area contributed by atoms with E-state index in [1.165, 1.54) is 0 Å². The Balaban J connectivity index is 0. The maximum absolute atomic E-state index is 0. The van der Waals surface area contributed by atoms with Crippen LogP contribution < -0.4 is 0 Å². The molecule has 0 saturated heterocycles. The summed E-state index contributed by atoms with van der Waals surface area (Å²) in [6, 6.07) is 0. The van der Waals surface area contributed by atoms with E-state index < -0.39 is 0 Å². The summed E-state index contributed by atoms with van der Waals surface area (Å²) >= 11 is 0. The molecule has 0 aromatic rings. The summed E-state index contributed by atoms with van der Waals surface area (Å²) in [5.74, 6) is 0. The van der Waals surface area contributed by atoms with Gasteiger partial charge in [0.05, 0.1) is 0 Å². The molecule has 0 amide bonds. The molecule has 0 spiro atoms. The molecule has 0 bridgehead atoms. The van der Waals surface area contributed by atoms with Crippen molar-refractivity contribution in [3.8, 4) is 0 Å². The van der Waals surface area contributed by atoms with E-state index in [9.17, 15) is 0 Å². The minimum Gasteiger partial charge on any atom is 0 e. The zero-order valence-corrected chi connectivity index (χ0v) is 7.32. The van der Waals surface area contributed by atoms with Crippen LogP contribution in [0.25, 0.3) is 0 Å². The number of rotatable bonds is 0. The second-order valence-corrected chi connectivity index (χ2v) is 0. The van der Waals surface area contributed by atoms with Crippen LogP contribution in [0, 0.1) is 0 Å². The van der Waals surface area contributed by atoms with Crippen LogP contribution in [0.15, 0.2) is 0 Å². The Bertz CT molecular complexity index is 8.00. The number of hydrogen-bond acceptors (Lipinski definition) is 0. The maximum Gasteiger partial charge on any atom is 0 e. The molecular formula is AuFeNiRu. The predicted molar refractivity (Wildman–Crippen MR) is 0 cm³/mol. The van der Waals surface area contributed by atoms with Gasteiger partial charge in [0.25, 0.3) is 0 Å². The Morgan fingerprint density at radius 3 is 1.00 bits per heavy atom. The molecule has 0 atom stereocenters. The van der Waals surface area contributed by atoms with E-state index in [-0.39, 0.29) is 75.4 Å². The first-order chi connectivity index (χ1) is 0. The molecule has 0 saturated carbocycles. The third-order valence-electron chi connectivity index (χ3n) is 0. The molecule has 0 aromatic heterocycles. The van der Waals surface area contributed by atoms with Gasteiger partial charge in [-0.15, -0.1) is 0 Å². The van der Waals surface area contributed by atoms with Gasteiger partial charge in [0, 0.05) is 75.4 Å². The largest absolute Gasteiger partial charge is 0 e. The van der Waals surface area contributed by atoms with E-state index in [4.69, 9.17) is 0 Å². The van der Waals surface area contributed by atoms with Gasteiger partial charge in [-0.05, 0) is 0 Å². The second kappa shape index (κ2) is 18.2.